The topological polar surface area (TPSA) is 39.9 Å². The number of furan rings is 1. The van der Waals surface area contributed by atoms with E-state index in [4.69, 9.17) is 11.0 Å². The Balaban J connectivity index is 0.975. The summed E-state index contributed by atoms with van der Waals surface area (Å²) in [5, 5.41) is 20.8. The van der Waals surface area contributed by atoms with Crippen molar-refractivity contribution in [3.05, 3.63) is 251 Å². The van der Waals surface area contributed by atoms with Gasteiger partial charge < -0.3 is 19.3 Å². The van der Waals surface area contributed by atoms with Gasteiger partial charge in [0.15, 0.2) is 5.58 Å². The van der Waals surface area contributed by atoms with E-state index < -0.39 is 0 Å². The van der Waals surface area contributed by atoms with Crippen molar-refractivity contribution in [3.63, 3.8) is 0 Å². The maximum Gasteiger partial charge on any atom is 0.159 e. The lowest BCUT2D eigenvalue weighted by Crippen LogP contribution is -2.16. The molecule has 0 radical (unpaired) electrons. The van der Waals surface area contributed by atoms with Crippen LogP contribution in [-0.4, -0.2) is 5.11 Å². The third kappa shape index (κ3) is 12.1. The smallest absolute Gasteiger partial charge is 0.159 e. The molecule has 1 heterocycles. The van der Waals surface area contributed by atoms with Crippen molar-refractivity contribution >= 4 is 83.7 Å². The summed E-state index contributed by atoms with van der Waals surface area (Å²) in [7, 11) is 0. The summed E-state index contributed by atoms with van der Waals surface area (Å²) >= 11 is 0. The van der Waals surface area contributed by atoms with Gasteiger partial charge in [-0.05, 0) is 226 Å². The summed E-state index contributed by atoms with van der Waals surface area (Å²) in [5.74, 6) is 2.84. The monoisotopic (exact) mass is 1300 g/mol. The van der Waals surface area contributed by atoms with E-state index in [1.165, 1.54) is 174 Å². The number of para-hydroxylation sites is 3. The summed E-state index contributed by atoms with van der Waals surface area (Å²) in [6.45, 7) is 16.5. The van der Waals surface area contributed by atoms with Crippen molar-refractivity contribution in [1.29, 1.82) is 0 Å². The van der Waals surface area contributed by atoms with Gasteiger partial charge in [0.25, 0.3) is 0 Å². The van der Waals surface area contributed by atoms with Crippen molar-refractivity contribution in [1.82, 2.24) is 0 Å². The second-order valence-electron chi connectivity index (χ2n) is 30.5. The van der Waals surface area contributed by atoms with Crippen LogP contribution in [0, 0.1) is 6.92 Å². The number of hydrogen-bond donors (Lipinski definition) is 1. The SMILES string of the molecule is C=Cc1c(N(c2ccc(C3CCCCC3)cc2)c2cccc3c2oc2c(-c4ccccc4C(C)C)cccc23)cc(C2CCCCC2)c2ccc3c(N(c4ccc(C5CCCCC5)cc4)c4cccc(-c5cccc(-c6ccccc6C(C)C)c5)c4O)cc(C4CCCCC4)c(C)c3c12. The number of fused-ring (bicyclic) bond motifs is 6. The predicted molar refractivity (Wildman–Crippen MR) is 422 cm³/mol. The number of rotatable bonds is 16. The van der Waals surface area contributed by atoms with Crippen LogP contribution in [0.5, 0.6) is 5.75 Å². The van der Waals surface area contributed by atoms with Crippen LogP contribution in [0.3, 0.4) is 0 Å². The zero-order valence-electron chi connectivity index (χ0n) is 59.2. The molecule has 99 heavy (non-hydrogen) atoms. The molecule has 12 aromatic rings. The Morgan fingerprint density at radius 1 is 0.384 bits per heavy atom. The zero-order chi connectivity index (χ0) is 67.3. The number of benzene rings is 11. The van der Waals surface area contributed by atoms with Gasteiger partial charge in [0, 0.05) is 44.2 Å². The van der Waals surface area contributed by atoms with Crippen LogP contribution < -0.4 is 9.80 Å². The summed E-state index contributed by atoms with van der Waals surface area (Å²) in [4.78, 5) is 5.01. The third-order valence-corrected chi connectivity index (χ3v) is 23.9. The number of nitrogens with zero attached hydrogens (tertiary/aromatic N) is 2. The Morgan fingerprint density at radius 3 is 1.43 bits per heavy atom. The molecule has 1 aromatic heterocycles. The molecule has 4 aliphatic rings. The van der Waals surface area contributed by atoms with Crippen LogP contribution >= 0.6 is 0 Å². The maximum atomic E-state index is 13.5. The van der Waals surface area contributed by atoms with Gasteiger partial charge in [-0.15, -0.1) is 0 Å². The number of anilines is 6. The van der Waals surface area contributed by atoms with Crippen LogP contribution in [0.25, 0.3) is 82.9 Å². The highest BCUT2D eigenvalue weighted by atomic mass is 16.3. The second-order valence-corrected chi connectivity index (χ2v) is 30.5. The van der Waals surface area contributed by atoms with Gasteiger partial charge in [0.05, 0.1) is 22.7 Å². The van der Waals surface area contributed by atoms with Crippen LogP contribution in [0.15, 0.2) is 211 Å². The van der Waals surface area contributed by atoms with Gasteiger partial charge in [-0.1, -0.05) is 263 Å². The molecule has 4 heteroatoms. The molecule has 0 unspecified atom stereocenters. The summed E-state index contributed by atoms with van der Waals surface area (Å²) < 4.78 is 7.59. The highest BCUT2D eigenvalue weighted by molar-refractivity contribution is 6.21. The van der Waals surface area contributed by atoms with Crippen molar-refractivity contribution in [2.45, 2.75) is 199 Å². The first kappa shape index (κ1) is 64.5. The van der Waals surface area contributed by atoms with E-state index in [9.17, 15) is 5.11 Å². The third-order valence-electron chi connectivity index (χ3n) is 23.9. The predicted octanol–water partition coefficient (Wildman–Crippen LogP) is 28.9. The van der Waals surface area contributed by atoms with Crippen molar-refractivity contribution < 1.29 is 9.52 Å². The second kappa shape index (κ2) is 27.9. The summed E-state index contributed by atoms with van der Waals surface area (Å²) in [5.41, 5.74) is 25.3. The minimum absolute atomic E-state index is 0.270. The molecule has 0 spiro atoms. The first-order valence-electron chi connectivity index (χ1n) is 38.1. The van der Waals surface area contributed by atoms with E-state index in [0.717, 1.165) is 110 Å². The lowest BCUT2D eigenvalue weighted by Gasteiger charge is -2.34. The minimum atomic E-state index is 0.270. The fourth-order valence-corrected chi connectivity index (χ4v) is 18.8. The fourth-order valence-electron chi connectivity index (χ4n) is 18.8. The lowest BCUT2D eigenvalue weighted by atomic mass is 9.77. The van der Waals surface area contributed by atoms with Crippen LogP contribution in [0.4, 0.5) is 34.1 Å². The van der Waals surface area contributed by atoms with Crippen LogP contribution in [0.1, 0.15) is 236 Å². The molecular weight excluding hydrogens is 1200 g/mol. The standard InChI is InChI=1S/C95H98N2O2/c1-7-74-89(97(73-54-50-67(51-55-73)65-30-14-9-15-31-65)88-47-27-45-83-82-44-25-43-81(94(82)99-95(83)88)79-41-23-21-39-76(79)62(4)5)60-86(69-34-18-11-19-35-69)80-56-57-84-90(59-85(63(6)91(84)92(74)80)68-32-16-10-17-33-68)96(72-52-48-66(49-53-72)64-28-12-8-13-29-64)87-46-26-42-78(93(87)98)71-37-24-36-70(58-71)77-40-22-20-38-75(77)61(2)3/h7,20-27,36-62,64-65,68-69,98H,1,8-19,28-35H2,2-6H3. The van der Waals surface area contributed by atoms with E-state index in [2.05, 4.69) is 251 Å². The molecule has 0 bridgehead atoms. The van der Waals surface area contributed by atoms with E-state index in [0.29, 0.717) is 35.5 Å². The van der Waals surface area contributed by atoms with Gasteiger partial charge in [-0.25, -0.2) is 0 Å². The van der Waals surface area contributed by atoms with Gasteiger partial charge in [-0.3, -0.25) is 0 Å². The van der Waals surface area contributed by atoms with Crippen molar-refractivity contribution in [2.75, 3.05) is 9.80 Å². The van der Waals surface area contributed by atoms with Crippen LogP contribution in [0.2, 0.25) is 0 Å². The average molecular weight is 1300 g/mol. The number of hydrogen-bond acceptors (Lipinski definition) is 4. The molecule has 0 atom stereocenters. The molecule has 11 aromatic carbocycles. The van der Waals surface area contributed by atoms with Crippen LogP contribution in [-0.2, 0) is 0 Å². The summed E-state index contributed by atoms with van der Waals surface area (Å²) in [6, 6.07) is 75.9. The van der Waals surface area contributed by atoms with Gasteiger partial charge in [0.1, 0.15) is 11.3 Å². The normalized spacial score (nSPS) is 16.2. The first-order valence-corrected chi connectivity index (χ1v) is 38.1. The van der Waals surface area contributed by atoms with E-state index >= 15 is 0 Å². The Morgan fingerprint density at radius 2 is 0.838 bits per heavy atom. The lowest BCUT2D eigenvalue weighted by molar-refractivity contribution is 0.443. The molecule has 0 aliphatic heterocycles. The van der Waals surface area contributed by atoms with Crippen molar-refractivity contribution in [2.24, 2.45) is 0 Å². The Hall–Kier alpha value is -9.12. The number of aromatic hydroxyl groups is 1. The fraction of sp³-hybridized carbons (Fsp3) is 0.326. The Kier molecular flexibility index (Phi) is 18.2. The highest BCUT2D eigenvalue weighted by Crippen LogP contribution is 2.55. The summed E-state index contributed by atoms with van der Waals surface area (Å²) in [6.07, 6.45) is 26.9. The van der Waals surface area contributed by atoms with Gasteiger partial charge in [0.2, 0.25) is 0 Å². The van der Waals surface area contributed by atoms with E-state index in [1.54, 1.807) is 0 Å². The zero-order valence-corrected chi connectivity index (χ0v) is 59.2. The molecule has 1 N–H and O–H groups in total. The molecule has 4 saturated carbocycles. The minimum Gasteiger partial charge on any atom is -0.505 e. The molecular formula is C95H98N2O2. The van der Waals surface area contributed by atoms with Gasteiger partial charge >= 0.3 is 0 Å². The van der Waals surface area contributed by atoms with E-state index in [1.807, 2.05) is 0 Å². The molecule has 4 nitrogen and oxygen atoms in total. The largest absolute Gasteiger partial charge is 0.505 e. The molecule has 16 rings (SSSR count). The van der Waals surface area contributed by atoms with E-state index in [-0.39, 0.29) is 5.75 Å². The highest BCUT2D eigenvalue weighted by Gasteiger charge is 2.33. The maximum absolute atomic E-state index is 13.5. The van der Waals surface area contributed by atoms with Crippen molar-refractivity contribution in [3.8, 4) is 39.1 Å². The molecule has 4 aliphatic carbocycles. The first-order chi connectivity index (χ1) is 48.6. The molecule has 0 amide bonds. The molecule has 0 saturated heterocycles. The number of aryl methyl sites for hydroxylation is 1. The average Bonchev–Trinajstić information content (AvgIpc) is 1.25. The number of phenolic OH excluding ortho intramolecular Hbond substituents is 1. The van der Waals surface area contributed by atoms with Gasteiger partial charge in [-0.2, -0.15) is 0 Å². The molecule has 500 valence electrons. The molecule has 4 fully saturated rings. The Bertz CT molecular complexity index is 4940. The number of phenols is 1. The Labute approximate surface area is 588 Å². The quantitative estimate of drug-likeness (QED) is 0.0979.